The van der Waals surface area contributed by atoms with Crippen molar-refractivity contribution in [3.63, 3.8) is 0 Å². The molecule has 2 aromatic heterocycles. The summed E-state index contributed by atoms with van der Waals surface area (Å²) in [7, 11) is 0. The van der Waals surface area contributed by atoms with Crippen LogP contribution >= 0.6 is 0 Å². The van der Waals surface area contributed by atoms with Gasteiger partial charge in [0.05, 0.1) is 22.2 Å². The van der Waals surface area contributed by atoms with Gasteiger partial charge in [-0.3, -0.25) is 0 Å². The van der Waals surface area contributed by atoms with E-state index in [1.807, 2.05) is 12.2 Å². The summed E-state index contributed by atoms with van der Waals surface area (Å²) >= 11 is 0. The maximum Gasteiger partial charge on any atom is 0.0782 e. The van der Waals surface area contributed by atoms with Crippen molar-refractivity contribution < 1.29 is 0 Å². The number of hydrogen-bond acceptors (Lipinski definition) is 1. The second kappa shape index (κ2) is 9.32. The zero-order valence-corrected chi connectivity index (χ0v) is 24.2. The Balaban J connectivity index is 1.55. The first kappa shape index (κ1) is 24.7. The SMILES string of the molecule is C=Cc1ccc(N(c2ccc(C=C)cc2)c2cccc3c4cccc5ccc6ccc7c8ccccc8n(c23)c7c6c54)cc1. The predicted molar refractivity (Wildman–Crippen MR) is 191 cm³/mol. The van der Waals surface area contributed by atoms with E-state index in [1.54, 1.807) is 0 Å². The second-order valence-electron chi connectivity index (χ2n) is 11.5. The third-order valence-corrected chi connectivity index (χ3v) is 9.20. The summed E-state index contributed by atoms with van der Waals surface area (Å²) < 4.78 is 2.53. The minimum Gasteiger partial charge on any atom is -0.308 e. The quantitative estimate of drug-likeness (QED) is 0.190. The average Bonchev–Trinajstić information content (AvgIpc) is 3.35. The summed E-state index contributed by atoms with van der Waals surface area (Å²) in [5, 5.41) is 10.2. The molecule has 0 radical (unpaired) electrons. The minimum absolute atomic E-state index is 1.08. The van der Waals surface area contributed by atoms with Gasteiger partial charge in [-0.25, -0.2) is 0 Å². The van der Waals surface area contributed by atoms with Gasteiger partial charge in [0.25, 0.3) is 0 Å². The molecule has 9 aromatic rings. The fraction of sp³-hybridized carbons (Fsp3) is 0. The number of anilines is 3. The first-order chi connectivity index (χ1) is 21.7. The lowest BCUT2D eigenvalue weighted by molar-refractivity contribution is 1.26. The molecule has 2 nitrogen and oxygen atoms in total. The van der Waals surface area contributed by atoms with Crippen LogP contribution in [-0.2, 0) is 0 Å². The molecule has 0 atom stereocenters. The summed E-state index contributed by atoms with van der Waals surface area (Å²) in [5.74, 6) is 0. The largest absolute Gasteiger partial charge is 0.308 e. The molecule has 206 valence electrons. The van der Waals surface area contributed by atoms with Crippen LogP contribution in [0.3, 0.4) is 0 Å². The molecule has 0 aliphatic rings. The second-order valence-corrected chi connectivity index (χ2v) is 11.5. The normalized spacial score (nSPS) is 11.8. The van der Waals surface area contributed by atoms with Crippen molar-refractivity contribution in [3.8, 4) is 0 Å². The van der Waals surface area contributed by atoms with E-state index in [2.05, 4.69) is 156 Å². The van der Waals surface area contributed by atoms with Crippen LogP contribution in [0.15, 0.2) is 147 Å². The predicted octanol–water partition coefficient (Wildman–Crippen LogP) is 11.9. The van der Waals surface area contributed by atoms with Crippen molar-refractivity contribution >= 4 is 88.9 Å². The molecular formula is C42H28N2. The minimum atomic E-state index is 1.08. The smallest absolute Gasteiger partial charge is 0.0782 e. The van der Waals surface area contributed by atoms with E-state index in [9.17, 15) is 0 Å². The molecule has 44 heavy (non-hydrogen) atoms. The standard InChI is InChI=1S/C42H28N2/c1-3-27-15-22-31(23-16-27)43(32-24-17-28(4-2)18-25-32)38-14-8-12-35-34-11-7-9-29-19-20-30-21-26-36-33-10-5-6-13-37(33)44(41(35)38)42(36)40(30)39(29)34/h3-26H,1-2H2. The van der Waals surface area contributed by atoms with Gasteiger partial charge >= 0.3 is 0 Å². The highest BCUT2D eigenvalue weighted by molar-refractivity contribution is 6.33. The zero-order chi connectivity index (χ0) is 29.4. The van der Waals surface area contributed by atoms with Crippen LogP contribution in [0.1, 0.15) is 11.1 Å². The number of aromatic nitrogens is 1. The van der Waals surface area contributed by atoms with Crippen molar-refractivity contribution in [1.29, 1.82) is 0 Å². The maximum atomic E-state index is 3.98. The third-order valence-electron chi connectivity index (χ3n) is 9.20. The molecule has 7 aromatic carbocycles. The third kappa shape index (κ3) is 3.37. The number of rotatable bonds is 5. The van der Waals surface area contributed by atoms with E-state index < -0.39 is 0 Å². The monoisotopic (exact) mass is 560 g/mol. The molecule has 0 N–H and O–H groups in total. The van der Waals surface area contributed by atoms with Crippen LogP contribution in [0.25, 0.3) is 71.8 Å². The van der Waals surface area contributed by atoms with Crippen molar-refractivity contribution in [2.45, 2.75) is 0 Å². The summed E-state index contributed by atoms with van der Waals surface area (Å²) in [4.78, 5) is 2.38. The molecule has 9 rings (SSSR count). The van der Waals surface area contributed by atoms with Crippen LogP contribution in [0.2, 0.25) is 0 Å². The van der Waals surface area contributed by atoms with Gasteiger partial charge in [0, 0.05) is 32.9 Å². The van der Waals surface area contributed by atoms with Crippen molar-refractivity contribution in [1.82, 2.24) is 4.40 Å². The highest BCUT2D eigenvalue weighted by atomic mass is 15.2. The van der Waals surface area contributed by atoms with Gasteiger partial charge in [-0.2, -0.15) is 0 Å². The molecule has 2 heteroatoms. The average molecular weight is 561 g/mol. The number of hydrogen-bond donors (Lipinski definition) is 0. The fourth-order valence-corrected chi connectivity index (χ4v) is 7.21. The number of benzene rings is 7. The van der Waals surface area contributed by atoms with E-state index >= 15 is 0 Å². The molecule has 0 spiro atoms. The van der Waals surface area contributed by atoms with Crippen LogP contribution < -0.4 is 4.90 Å². The molecule has 0 unspecified atom stereocenters. The highest BCUT2D eigenvalue weighted by Gasteiger charge is 2.23. The Morgan fingerprint density at radius 2 is 1.02 bits per heavy atom. The zero-order valence-electron chi connectivity index (χ0n) is 24.2. The maximum absolute atomic E-state index is 3.98. The van der Waals surface area contributed by atoms with E-state index in [4.69, 9.17) is 0 Å². The Hall–Kier alpha value is -5.86. The van der Waals surface area contributed by atoms with E-state index in [0.717, 1.165) is 28.2 Å². The van der Waals surface area contributed by atoms with Crippen LogP contribution in [-0.4, -0.2) is 4.40 Å². The van der Waals surface area contributed by atoms with E-state index in [0.29, 0.717) is 0 Å². The van der Waals surface area contributed by atoms with Gasteiger partial charge < -0.3 is 9.30 Å². The van der Waals surface area contributed by atoms with Crippen LogP contribution in [0.4, 0.5) is 17.1 Å². The summed E-state index contributed by atoms with van der Waals surface area (Å²) in [5.41, 5.74) is 9.11. The molecule has 0 bridgehead atoms. The first-order valence-electron chi connectivity index (χ1n) is 15.0. The summed E-state index contributed by atoms with van der Waals surface area (Å²) in [6, 6.07) is 48.7. The Morgan fingerprint density at radius 1 is 0.455 bits per heavy atom. The van der Waals surface area contributed by atoms with Crippen LogP contribution in [0.5, 0.6) is 0 Å². The summed E-state index contributed by atoms with van der Waals surface area (Å²) in [6.07, 6.45) is 3.78. The number of nitrogens with zero attached hydrogens (tertiary/aromatic N) is 2. The molecule has 0 amide bonds. The molecular weight excluding hydrogens is 532 g/mol. The first-order valence-corrected chi connectivity index (χ1v) is 15.0. The number of fused-ring (bicyclic) bond motifs is 6. The molecule has 0 aliphatic carbocycles. The lowest BCUT2D eigenvalue weighted by Gasteiger charge is -2.27. The van der Waals surface area contributed by atoms with Crippen LogP contribution in [0, 0.1) is 0 Å². The summed E-state index contributed by atoms with van der Waals surface area (Å²) in [6.45, 7) is 7.97. The lowest BCUT2D eigenvalue weighted by Crippen LogP contribution is -2.11. The fourth-order valence-electron chi connectivity index (χ4n) is 7.21. The molecule has 0 fully saturated rings. The van der Waals surface area contributed by atoms with Crippen molar-refractivity contribution in [3.05, 3.63) is 158 Å². The van der Waals surface area contributed by atoms with Gasteiger partial charge in [0.1, 0.15) is 0 Å². The lowest BCUT2D eigenvalue weighted by atomic mass is 9.96. The Morgan fingerprint density at radius 3 is 1.73 bits per heavy atom. The van der Waals surface area contributed by atoms with Crippen molar-refractivity contribution in [2.75, 3.05) is 4.90 Å². The van der Waals surface area contributed by atoms with Gasteiger partial charge in [-0.05, 0) is 69.1 Å². The molecule has 2 heterocycles. The van der Waals surface area contributed by atoms with Gasteiger partial charge in [-0.1, -0.05) is 122 Å². The van der Waals surface area contributed by atoms with E-state index in [1.165, 1.54) is 59.6 Å². The molecule has 0 aliphatic heterocycles. The van der Waals surface area contributed by atoms with Crippen molar-refractivity contribution in [2.24, 2.45) is 0 Å². The Labute approximate surface area is 255 Å². The molecule has 0 saturated heterocycles. The van der Waals surface area contributed by atoms with Gasteiger partial charge in [0.2, 0.25) is 0 Å². The molecule has 0 saturated carbocycles. The highest BCUT2D eigenvalue weighted by Crippen LogP contribution is 2.46. The van der Waals surface area contributed by atoms with E-state index in [-0.39, 0.29) is 0 Å². The Kier molecular flexibility index (Phi) is 5.24. The topological polar surface area (TPSA) is 7.65 Å². The van der Waals surface area contributed by atoms with Gasteiger partial charge in [0.15, 0.2) is 0 Å². The van der Waals surface area contributed by atoms with Gasteiger partial charge in [-0.15, -0.1) is 0 Å². The number of para-hydroxylation sites is 2. The Bertz CT molecular complexity index is 2520.